The van der Waals surface area contributed by atoms with Gasteiger partial charge in [-0.1, -0.05) is 35.9 Å². The molecular formula is C21H22ClN3O3S. The van der Waals surface area contributed by atoms with Crippen molar-refractivity contribution < 1.29 is 14.7 Å². The fourth-order valence-corrected chi connectivity index (χ4v) is 4.13. The lowest BCUT2D eigenvalue weighted by Crippen LogP contribution is -2.40. The molecule has 8 heteroatoms. The molecule has 2 unspecified atom stereocenters. The lowest BCUT2D eigenvalue weighted by molar-refractivity contribution is -0.121. The Morgan fingerprint density at radius 2 is 1.86 bits per heavy atom. The molecule has 0 aliphatic heterocycles. The molecule has 29 heavy (non-hydrogen) atoms. The van der Waals surface area contributed by atoms with Gasteiger partial charge in [-0.2, -0.15) is 4.37 Å². The molecule has 3 N–H and O–H groups in total. The van der Waals surface area contributed by atoms with Gasteiger partial charge in [-0.05, 0) is 55.6 Å². The van der Waals surface area contributed by atoms with E-state index in [9.17, 15) is 14.7 Å². The standard InChI is InChI=1S/C21H22ClN3O3S/c1-12(23-19(27)11-14-7-8-18(26)16(22)10-14)9-13(2)24-21(28)20-15-5-3-4-6-17(15)25-29-20/h3-8,10,12-13,26H,9,11H2,1-2H3,(H,23,27)(H,24,28). The number of fused-ring (bicyclic) bond motifs is 1. The molecule has 1 heterocycles. The van der Waals surface area contributed by atoms with Gasteiger partial charge in [0, 0.05) is 17.5 Å². The average Bonchev–Trinajstić information content (AvgIpc) is 3.08. The van der Waals surface area contributed by atoms with E-state index < -0.39 is 0 Å². The van der Waals surface area contributed by atoms with E-state index in [1.807, 2.05) is 38.1 Å². The highest BCUT2D eigenvalue weighted by molar-refractivity contribution is 7.09. The number of carbonyl (C=O) groups is 2. The summed E-state index contributed by atoms with van der Waals surface area (Å²) in [5, 5.41) is 16.4. The first-order valence-electron chi connectivity index (χ1n) is 9.25. The molecule has 0 saturated heterocycles. The summed E-state index contributed by atoms with van der Waals surface area (Å²) in [6, 6.07) is 12.0. The Morgan fingerprint density at radius 1 is 1.14 bits per heavy atom. The first-order chi connectivity index (χ1) is 13.8. The highest BCUT2D eigenvalue weighted by Gasteiger charge is 2.18. The van der Waals surface area contributed by atoms with Gasteiger partial charge in [-0.3, -0.25) is 9.59 Å². The maximum Gasteiger partial charge on any atom is 0.263 e. The molecule has 2 amide bonds. The van der Waals surface area contributed by atoms with Crippen LogP contribution in [0.25, 0.3) is 10.9 Å². The molecule has 0 saturated carbocycles. The zero-order chi connectivity index (χ0) is 21.0. The Balaban J connectivity index is 1.50. The third kappa shape index (κ3) is 5.46. The van der Waals surface area contributed by atoms with E-state index >= 15 is 0 Å². The maximum atomic E-state index is 12.6. The minimum absolute atomic E-state index is 0.0116. The molecule has 1 aromatic heterocycles. The molecule has 6 nitrogen and oxygen atoms in total. The molecular weight excluding hydrogens is 410 g/mol. The molecule has 3 rings (SSSR count). The minimum atomic E-state index is -0.159. The first-order valence-corrected chi connectivity index (χ1v) is 10.4. The lowest BCUT2D eigenvalue weighted by Gasteiger charge is -2.19. The second-order valence-electron chi connectivity index (χ2n) is 7.07. The summed E-state index contributed by atoms with van der Waals surface area (Å²) >= 11 is 7.06. The number of rotatable bonds is 7. The Kier molecular flexibility index (Phi) is 6.71. The van der Waals surface area contributed by atoms with Crippen molar-refractivity contribution in [3.8, 4) is 5.75 Å². The number of halogens is 1. The highest BCUT2D eigenvalue weighted by Crippen LogP contribution is 2.24. The van der Waals surface area contributed by atoms with Crippen LogP contribution in [0.15, 0.2) is 42.5 Å². The predicted molar refractivity (Wildman–Crippen MR) is 116 cm³/mol. The van der Waals surface area contributed by atoms with Gasteiger partial charge in [0.1, 0.15) is 10.6 Å². The van der Waals surface area contributed by atoms with E-state index in [0.29, 0.717) is 11.3 Å². The van der Waals surface area contributed by atoms with Crippen molar-refractivity contribution in [2.24, 2.45) is 0 Å². The van der Waals surface area contributed by atoms with Crippen LogP contribution >= 0.6 is 23.1 Å². The summed E-state index contributed by atoms with van der Waals surface area (Å²) in [6.45, 7) is 3.80. The fourth-order valence-electron chi connectivity index (χ4n) is 3.16. The number of hydrogen-bond donors (Lipinski definition) is 3. The average molecular weight is 432 g/mol. The van der Waals surface area contributed by atoms with E-state index in [4.69, 9.17) is 11.6 Å². The minimum Gasteiger partial charge on any atom is -0.506 e. The van der Waals surface area contributed by atoms with Crippen molar-refractivity contribution in [3.63, 3.8) is 0 Å². The number of phenolic OH excluding ortho intramolecular Hbond substituents is 1. The summed E-state index contributed by atoms with van der Waals surface area (Å²) in [5.74, 6) is -0.317. The Bertz CT molecular complexity index is 1040. The molecule has 0 bridgehead atoms. The second-order valence-corrected chi connectivity index (χ2v) is 8.25. The maximum absolute atomic E-state index is 12.6. The lowest BCUT2D eigenvalue weighted by atomic mass is 10.1. The van der Waals surface area contributed by atoms with Crippen LogP contribution in [0.4, 0.5) is 0 Å². The van der Waals surface area contributed by atoms with Crippen LogP contribution < -0.4 is 10.6 Å². The summed E-state index contributed by atoms with van der Waals surface area (Å²) in [6.07, 6.45) is 0.752. The topological polar surface area (TPSA) is 91.3 Å². The van der Waals surface area contributed by atoms with Crippen LogP contribution in [-0.2, 0) is 11.2 Å². The van der Waals surface area contributed by atoms with Crippen molar-refractivity contribution in [2.75, 3.05) is 0 Å². The number of aromatic hydroxyl groups is 1. The van der Waals surface area contributed by atoms with Crippen molar-refractivity contribution in [3.05, 3.63) is 57.9 Å². The van der Waals surface area contributed by atoms with E-state index in [-0.39, 0.29) is 41.1 Å². The Hall–Kier alpha value is -2.64. The quantitative estimate of drug-likeness (QED) is 0.529. The van der Waals surface area contributed by atoms with Gasteiger partial charge < -0.3 is 15.7 Å². The number of amides is 2. The fraction of sp³-hybridized carbons (Fsp3) is 0.286. The molecule has 0 radical (unpaired) electrons. The van der Waals surface area contributed by atoms with Gasteiger partial charge in [0.05, 0.1) is 17.0 Å². The predicted octanol–water partition coefficient (Wildman–Crippen LogP) is 3.91. The van der Waals surface area contributed by atoms with Gasteiger partial charge >= 0.3 is 0 Å². The number of nitrogens with one attached hydrogen (secondary N) is 2. The van der Waals surface area contributed by atoms with Gasteiger partial charge in [0.2, 0.25) is 5.91 Å². The van der Waals surface area contributed by atoms with Crippen LogP contribution in [0.2, 0.25) is 5.02 Å². The third-order valence-corrected chi connectivity index (χ3v) is 5.64. The van der Waals surface area contributed by atoms with E-state index in [0.717, 1.165) is 16.5 Å². The normalized spacial score (nSPS) is 13.1. The summed E-state index contributed by atoms with van der Waals surface area (Å²) in [4.78, 5) is 25.4. The number of benzene rings is 2. The van der Waals surface area contributed by atoms with E-state index in [1.54, 1.807) is 12.1 Å². The summed E-state index contributed by atoms with van der Waals surface area (Å²) < 4.78 is 4.30. The molecule has 0 aliphatic carbocycles. The number of phenols is 1. The number of nitrogens with zero attached hydrogens (tertiary/aromatic N) is 1. The second kappa shape index (κ2) is 9.24. The van der Waals surface area contributed by atoms with Crippen LogP contribution in [0.3, 0.4) is 0 Å². The Labute approximate surface area is 178 Å². The highest BCUT2D eigenvalue weighted by atomic mass is 35.5. The van der Waals surface area contributed by atoms with Crippen LogP contribution in [-0.4, -0.2) is 33.4 Å². The van der Waals surface area contributed by atoms with Gasteiger partial charge in [-0.25, -0.2) is 0 Å². The Morgan fingerprint density at radius 3 is 2.62 bits per heavy atom. The third-order valence-electron chi connectivity index (χ3n) is 4.46. The van der Waals surface area contributed by atoms with Crippen molar-refractivity contribution in [1.82, 2.24) is 15.0 Å². The SMILES string of the molecule is CC(CC(C)NC(=O)c1snc2ccccc12)NC(=O)Cc1ccc(O)c(Cl)c1. The van der Waals surface area contributed by atoms with E-state index in [1.165, 1.54) is 17.6 Å². The van der Waals surface area contributed by atoms with Crippen molar-refractivity contribution >= 4 is 45.9 Å². The molecule has 2 aromatic carbocycles. The summed E-state index contributed by atoms with van der Waals surface area (Å²) in [5.41, 5.74) is 1.53. The molecule has 3 aromatic rings. The van der Waals surface area contributed by atoms with Crippen molar-refractivity contribution in [1.29, 1.82) is 0 Å². The molecule has 152 valence electrons. The number of aromatic nitrogens is 1. The van der Waals surface area contributed by atoms with Crippen molar-refractivity contribution in [2.45, 2.75) is 38.8 Å². The zero-order valence-corrected chi connectivity index (χ0v) is 17.7. The van der Waals surface area contributed by atoms with E-state index in [2.05, 4.69) is 15.0 Å². The smallest absolute Gasteiger partial charge is 0.263 e. The van der Waals surface area contributed by atoms with Gasteiger partial charge in [-0.15, -0.1) is 0 Å². The molecule has 0 aliphatic rings. The van der Waals surface area contributed by atoms with Crippen LogP contribution in [0.1, 0.15) is 35.5 Å². The molecule has 2 atom stereocenters. The molecule has 0 fully saturated rings. The van der Waals surface area contributed by atoms with Crippen LogP contribution in [0.5, 0.6) is 5.75 Å². The van der Waals surface area contributed by atoms with Gasteiger partial charge in [0.25, 0.3) is 5.91 Å². The largest absolute Gasteiger partial charge is 0.506 e. The van der Waals surface area contributed by atoms with Crippen LogP contribution in [0, 0.1) is 0 Å². The number of hydrogen-bond acceptors (Lipinski definition) is 5. The summed E-state index contributed by atoms with van der Waals surface area (Å²) in [7, 11) is 0. The number of carbonyl (C=O) groups excluding carboxylic acids is 2. The monoisotopic (exact) mass is 431 g/mol. The first kappa shape index (κ1) is 21.1. The molecule has 0 spiro atoms. The van der Waals surface area contributed by atoms with Gasteiger partial charge in [0.15, 0.2) is 0 Å². The zero-order valence-electron chi connectivity index (χ0n) is 16.1.